The summed E-state index contributed by atoms with van der Waals surface area (Å²) in [4.78, 5) is 14.2. The maximum Gasteiger partial charge on any atom is 0.422 e. The molecule has 0 spiro atoms. The summed E-state index contributed by atoms with van der Waals surface area (Å²) in [5.74, 6) is 0.0827. The number of rotatable bonds is 7. The topological polar surface area (TPSA) is 59.4 Å². The minimum absolute atomic E-state index is 0.162. The number of hydrogen-bond acceptors (Lipinski definition) is 4. The summed E-state index contributed by atoms with van der Waals surface area (Å²) in [6, 6.07) is 3.56. The van der Waals surface area contributed by atoms with Crippen LogP contribution in [0.4, 0.5) is 18.9 Å². The number of nitrogens with one attached hydrogen (secondary N) is 1. The molecule has 0 aliphatic carbocycles. The van der Waals surface area contributed by atoms with Crippen LogP contribution in [0.25, 0.3) is 0 Å². The van der Waals surface area contributed by atoms with Gasteiger partial charge < -0.3 is 10.1 Å². The van der Waals surface area contributed by atoms with E-state index in [4.69, 9.17) is 4.74 Å². The Labute approximate surface area is 168 Å². The van der Waals surface area contributed by atoms with Gasteiger partial charge in [-0.05, 0) is 51.4 Å². The highest BCUT2D eigenvalue weighted by atomic mass is 19.4. The zero-order chi connectivity index (χ0) is 21.9. The Morgan fingerprint density at radius 1 is 1.21 bits per heavy atom. The van der Waals surface area contributed by atoms with Crippen molar-refractivity contribution >= 4 is 11.6 Å². The molecule has 1 N–H and O–H groups in total. The lowest BCUT2D eigenvalue weighted by Gasteiger charge is -2.19. The lowest BCUT2D eigenvalue weighted by Crippen LogP contribution is -2.30. The monoisotopic (exact) mass is 412 g/mol. The van der Waals surface area contributed by atoms with Gasteiger partial charge in [0, 0.05) is 13.6 Å². The van der Waals surface area contributed by atoms with Gasteiger partial charge in [0.15, 0.2) is 6.61 Å². The second-order valence-corrected chi connectivity index (χ2v) is 7.35. The van der Waals surface area contributed by atoms with E-state index in [1.807, 2.05) is 25.8 Å². The molecule has 9 heteroatoms. The summed E-state index contributed by atoms with van der Waals surface area (Å²) < 4.78 is 43.9. The Morgan fingerprint density at radius 3 is 2.28 bits per heavy atom. The normalized spacial score (nSPS) is 11.8. The molecule has 160 valence electrons. The van der Waals surface area contributed by atoms with Crippen LogP contribution >= 0.6 is 0 Å². The number of benzene rings is 1. The van der Waals surface area contributed by atoms with Crippen LogP contribution in [0.3, 0.4) is 0 Å². The van der Waals surface area contributed by atoms with E-state index >= 15 is 0 Å². The Bertz CT molecular complexity index is 868. The molecule has 0 radical (unpaired) electrons. The number of likely N-dealkylation sites (N-methyl/N-ethyl adjacent to an activating group) is 1. The van der Waals surface area contributed by atoms with Crippen molar-refractivity contribution in [3.05, 3.63) is 40.2 Å². The third kappa shape index (κ3) is 6.22. The molecule has 0 saturated heterocycles. The van der Waals surface area contributed by atoms with Crippen molar-refractivity contribution in [2.75, 3.05) is 25.5 Å². The SMILES string of the molecule is Cc1cc(CN(C)CC(=O)Nc2c(C)nn(C)c2C)cc(C)c1OCC(F)(F)F. The third-order valence-corrected chi connectivity index (χ3v) is 4.54. The zero-order valence-electron chi connectivity index (χ0n) is 17.6. The van der Waals surface area contributed by atoms with Crippen LogP contribution in [0.2, 0.25) is 0 Å². The standard InChI is InChI=1S/C20H27F3N4O2/c1-12-7-16(8-13(2)19(12)29-11-20(21,22)23)9-26(5)10-17(28)24-18-14(3)25-27(6)15(18)4/h7-8H,9-11H2,1-6H3,(H,24,28). The molecule has 1 heterocycles. The molecule has 0 aliphatic rings. The molecule has 2 aromatic rings. The number of nitrogens with zero attached hydrogens (tertiary/aromatic N) is 3. The number of anilines is 1. The first kappa shape index (κ1) is 22.7. The highest BCUT2D eigenvalue weighted by Gasteiger charge is 2.29. The van der Waals surface area contributed by atoms with E-state index in [-0.39, 0.29) is 18.2 Å². The average molecular weight is 412 g/mol. The largest absolute Gasteiger partial charge is 0.484 e. The molecule has 0 unspecified atom stereocenters. The first-order chi connectivity index (χ1) is 13.4. The number of ether oxygens (including phenoxy) is 1. The Balaban J connectivity index is 1.99. The van der Waals surface area contributed by atoms with Crippen molar-refractivity contribution in [2.45, 2.75) is 40.4 Å². The quantitative estimate of drug-likeness (QED) is 0.754. The lowest BCUT2D eigenvalue weighted by molar-refractivity contribution is -0.153. The van der Waals surface area contributed by atoms with Gasteiger partial charge in [-0.15, -0.1) is 0 Å². The van der Waals surface area contributed by atoms with Gasteiger partial charge in [0.25, 0.3) is 0 Å². The molecule has 0 bridgehead atoms. The highest BCUT2D eigenvalue weighted by molar-refractivity contribution is 5.93. The van der Waals surface area contributed by atoms with Crippen LogP contribution in [0.5, 0.6) is 5.75 Å². The summed E-state index contributed by atoms with van der Waals surface area (Å²) in [6.07, 6.45) is -4.38. The van der Waals surface area contributed by atoms with Crippen LogP contribution in [0, 0.1) is 27.7 Å². The minimum atomic E-state index is -4.38. The Kier molecular flexibility index (Phi) is 6.94. The van der Waals surface area contributed by atoms with Crippen molar-refractivity contribution in [3.63, 3.8) is 0 Å². The van der Waals surface area contributed by atoms with E-state index in [0.717, 1.165) is 17.0 Å². The van der Waals surface area contributed by atoms with E-state index in [1.165, 1.54) is 0 Å². The molecule has 0 fully saturated rings. The van der Waals surface area contributed by atoms with Gasteiger partial charge in [-0.3, -0.25) is 14.4 Å². The molecule has 1 amide bonds. The Morgan fingerprint density at radius 2 is 1.79 bits per heavy atom. The van der Waals surface area contributed by atoms with E-state index in [0.29, 0.717) is 23.4 Å². The molecule has 29 heavy (non-hydrogen) atoms. The van der Waals surface area contributed by atoms with Gasteiger partial charge in [0.1, 0.15) is 5.75 Å². The van der Waals surface area contributed by atoms with Crippen molar-refractivity contribution in [1.82, 2.24) is 14.7 Å². The number of carbonyl (C=O) groups excluding carboxylic acids is 1. The predicted octanol–water partition coefficient (Wildman–Crippen LogP) is 3.67. The number of hydrogen-bond donors (Lipinski definition) is 1. The van der Waals surface area contributed by atoms with E-state index in [9.17, 15) is 18.0 Å². The molecule has 0 saturated carbocycles. The summed E-state index contributed by atoms with van der Waals surface area (Å²) in [5, 5.41) is 7.16. The van der Waals surface area contributed by atoms with Gasteiger partial charge in [-0.25, -0.2) is 0 Å². The van der Waals surface area contributed by atoms with Crippen LogP contribution in [-0.2, 0) is 18.4 Å². The van der Waals surface area contributed by atoms with Crippen LogP contribution in [0.15, 0.2) is 12.1 Å². The van der Waals surface area contributed by atoms with Crippen LogP contribution in [-0.4, -0.2) is 47.0 Å². The Hall–Kier alpha value is -2.55. The molecule has 6 nitrogen and oxygen atoms in total. The van der Waals surface area contributed by atoms with Gasteiger partial charge in [-0.2, -0.15) is 18.3 Å². The van der Waals surface area contributed by atoms with Crippen LogP contribution in [0.1, 0.15) is 28.1 Å². The van der Waals surface area contributed by atoms with Crippen molar-refractivity contribution < 1.29 is 22.7 Å². The smallest absolute Gasteiger partial charge is 0.422 e. The number of halogens is 3. The third-order valence-electron chi connectivity index (χ3n) is 4.54. The number of amides is 1. The van der Waals surface area contributed by atoms with Gasteiger partial charge >= 0.3 is 6.18 Å². The fourth-order valence-corrected chi connectivity index (χ4v) is 3.26. The predicted molar refractivity (Wildman–Crippen MR) is 105 cm³/mol. The van der Waals surface area contributed by atoms with Crippen molar-refractivity contribution in [3.8, 4) is 5.75 Å². The second kappa shape index (κ2) is 8.86. The van der Waals surface area contributed by atoms with E-state index in [1.54, 1.807) is 37.7 Å². The fourth-order valence-electron chi connectivity index (χ4n) is 3.26. The summed E-state index contributed by atoms with van der Waals surface area (Å²) in [7, 11) is 3.62. The molecule has 0 atom stereocenters. The molecular formula is C20H27F3N4O2. The number of aryl methyl sites for hydroxylation is 4. The average Bonchev–Trinajstić information content (AvgIpc) is 2.79. The molecule has 0 aliphatic heterocycles. The van der Waals surface area contributed by atoms with Crippen molar-refractivity contribution in [2.24, 2.45) is 7.05 Å². The molecular weight excluding hydrogens is 385 g/mol. The van der Waals surface area contributed by atoms with Gasteiger partial charge in [0.2, 0.25) is 5.91 Å². The maximum absolute atomic E-state index is 12.4. The minimum Gasteiger partial charge on any atom is -0.484 e. The number of aromatic nitrogens is 2. The first-order valence-corrected chi connectivity index (χ1v) is 9.15. The fraction of sp³-hybridized carbons (Fsp3) is 0.500. The maximum atomic E-state index is 12.4. The van der Waals surface area contributed by atoms with E-state index in [2.05, 4.69) is 10.4 Å². The summed E-state index contributed by atoms with van der Waals surface area (Å²) in [6.45, 7) is 6.46. The molecule has 2 rings (SSSR count). The number of alkyl halides is 3. The second-order valence-electron chi connectivity index (χ2n) is 7.35. The highest BCUT2D eigenvalue weighted by Crippen LogP contribution is 2.27. The first-order valence-electron chi connectivity index (χ1n) is 9.15. The summed E-state index contributed by atoms with van der Waals surface area (Å²) in [5.41, 5.74) is 4.49. The summed E-state index contributed by atoms with van der Waals surface area (Å²) >= 11 is 0. The lowest BCUT2D eigenvalue weighted by atomic mass is 10.1. The zero-order valence-corrected chi connectivity index (χ0v) is 17.6. The van der Waals surface area contributed by atoms with Gasteiger partial charge in [0.05, 0.1) is 23.6 Å². The van der Waals surface area contributed by atoms with Crippen molar-refractivity contribution in [1.29, 1.82) is 0 Å². The van der Waals surface area contributed by atoms with Gasteiger partial charge in [-0.1, -0.05) is 12.1 Å². The molecule has 1 aromatic heterocycles. The van der Waals surface area contributed by atoms with Crippen LogP contribution < -0.4 is 10.1 Å². The van der Waals surface area contributed by atoms with E-state index < -0.39 is 12.8 Å². The molecule has 1 aromatic carbocycles. The number of carbonyl (C=O) groups is 1.